The van der Waals surface area contributed by atoms with Gasteiger partial charge in [0.1, 0.15) is 18.1 Å². The van der Waals surface area contributed by atoms with Crippen LogP contribution in [0.5, 0.6) is 5.75 Å². The quantitative estimate of drug-likeness (QED) is 0.661. The van der Waals surface area contributed by atoms with E-state index in [1.807, 2.05) is 17.7 Å². The maximum Gasteiger partial charge on any atom is 0.279 e. The molecule has 1 amide bonds. The molecule has 0 atom stereocenters. The molecule has 1 aliphatic rings. The number of ether oxygens (including phenoxy) is 1. The van der Waals surface area contributed by atoms with Crippen LogP contribution >= 0.6 is 11.3 Å². The number of rotatable bonds is 4. The summed E-state index contributed by atoms with van der Waals surface area (Å²) in [7, 11) is 1.94. The average molecular weight is 366 g/mol. The molecule has 0 radical (unpaired) electrons. The first kappa shape index (κ1) is 16.6. The first-order valence-electron chi connectivity index (χ1n) is 8.35. The molecule has 0 unspecified atom stereocenters. The summed E-state index contributed by atoms with van der Waals surface area (Å²) in [6, 6.07) is 8.97. The first-order chi connectivity index (χ1) is 12.7. The lowest BCUT2D eigenvalue weighted by Gasteiger charge is -2.11. The van der Waals surface area contributed by atoms with Crippen molar-refractivity contribution in [1.82, 2.24) is 4.57 Å². The smallest absolute Gasteiger partial charge is 0.279 e. The van der Waals surface area contributed by atoms with Gasteiger partial charge < -0.3 is 13.7 Å². The summed E-state index contributed by atoms with van der Waals surface area (Å²) in [5.41, 5.74) is 2.73. The molecule has 2 heterocycles. The maximum absolute atomic E-state index is 12.6. The molecule has 0 bridgehead atoms. The molecule has 0 saturated carbocycles. The molecule has 2 aromatic heterocycles. The molecule has 0 aliphatic heterocycles. The van der Waals surface area contributed by atoms with Gasteiger partial charge in [-0.1, -0.05) is 12.7 Å². The van der Waals surface area contributed by atoms with Crippen molar-refractivity contribution in [1.29, 1.82) is 0 Å². The van der Waals surface area contributed by atoms with Crippen LogP contribution < -0.4 is 9.54 Å². The Morgan fingerprint density at radius 2 is 2.15 bits per heavy atom. The highest BCUT2D eigenvalue weighted by Crippen LogP contribution is 2.35. The fourth-order valence-corrected chi connectivity index (χ4v) is 4.21. The second-order valence-corrected chi connectivity index (χ2v) is 7.08. The second-order valence-electron chi connectivity index (χ2n) is 6.01. The van der Waals surface area contributed by atoms with Crippen LogP contribution in [0, 0.1) is 0 Å². The van der Waals surface area contributed by atoms with E-state index in [1.165, 1.54) is 4.88 Å². The summed E-state index contributed by atoms with van der Waals surface area (Å²) in [6.45, 7) is 4.05. The van der Waals surface area contributed by atoms with Gasteiger partial charge in [-0.3, -0.25) is 4.79 Å². The number of thiazole rings is 1. The number of carbonyl (C=O) groups excluding carboxylic acids is 1. The summed E-state index contributed by atoms with van der Waals surface area (Å²) in [5.74, 6) is 1.44. The Bertz CT molecular complexity index is 1040. The zero-order valence-corrected chi connectivity index (χ0v) is 15.2. The molecular formula is C20H18N2O3S. The number of furan rings is 1. The van der Waals surface area contributed by atoms with Crippen molar-refractivity contribution in [2.45, 2.75) is 12.8 Å². The standard InChI is InChI=1S/C20H18N2O3S/c1-3-11-24-14-6-4-13(5-7-14)19(23)21-20-22(2)18-15-10-12-25-16(15)8-9-17(18)26-20/h3-7,10,12H,1,8-9,11H2,2H3. The van der Waals surface area contributed by atoms with E-state index < -0.39 is 0 Å². The molecule has 1 aliphatic carbocycles. The van der Waals surface area contributed by atoms with Crippen LogP contribution in [0.2, 0.25) is 0 Å². The lowest BCUT2D eigenvalue weighted by atomic mass is 10.0. The van der Waals surface area contributed by atoms with Gasteiger partial charge in [0.25, 0.3) is 5.91 Å². The number of fused-ring (bicyclic) bond motifs is 3. The van der Waals surface area contributed by atoms with Gasteiger partial charge in [0.05, 0.1) is 12.0 Å². The van der Waals surface area contributed by atoms with Gasteiger partial charge in [-0.2, -0.15) is 4.99 Å². The predicted molar refractivity (Wildman–Crippen MR) is 100 cm³/mol. The van der Waals surface area contributed by atoms with E-state index >= 15 is 0 Å². The Kier molecular flexibility index (Phi) is 4.34. The molecule has 4 rings (SSSR count). The largest absolute Gasteiger partial charge is 0.490 e. The van der Waals surface area contributed by atoms with Crippen LogP contribution in [-0.4, -0.2) is 17.1 Å². The average Bonchev–Trinajstić information content (AvgIpc) is 3.25. The highest BCUT2D eigenvalue weighted by atomic mass is 32.1. The fourth-order valence-electron chi connectivity index (χ4n) is 3.08. The number of aryl methyl sites for hydroxylation is 2. The first-order valence-corrected chi connectivity index (χ1v) is 9.17. The molecule has 0 fully saturated rings. The van der Waals surface area contributed by atoms with E-state index in [1.54, 1.807) is 47.9 Å². The topological polar surface area (TPSA) is 56.7 Å². The third-order valence-electron chi connectivity index (χ3n) is 4.35. The fraction of sp³-hybridized carbons (Fsp3) is 0.200. The molecule has 132 valence electrons. The number of aromatic nitrogens is 1. The van der Waals surface area contributed by atoms with Crippen LogP contribution in [0.3, 0.4) is 0 Å². The Balaban J connectivity index is 1.65. The van der Waals surface area contributed by atoms with Crippen molar-refractivity contribution >= 4 is 17.2 Å². The van der Waals surface area contributed by atoms with E-state index in [2.05, 4.69) is 11.6 Å². The Morgan fingerprint density at radius 3 is 2.92 bits per heavy atom. The Morgan fingerprint density at radius 1 is 1.35 bits per heavy atom. The minimum Gasteiger partial charge on any atom is -0.490 e. The van der Waals surface area contributed by atoms with Crippen LogP contribution in [0.1, 0.15) is 21.0 Å². The summed E-state index contributed by atoms with van der Waals surface area (Å²) in [6.07, 6.45) is 5.19. The van der Waals surface area contributed by atoms with Crippen molar-refractivity contribution in [3.8, 4) is 17.0 Å². The normalized spacial score (nSPS) is 13.2. The Hall–Kier alpha value is -2.86. The highest BCUT2D eigenvalue weighted by molar-refractivity contribution is 7.09. The van der Waals surface area contributed by atoms with Crippen LogP contribution in [0.4, 0.5) is 0 Å². The molecule has 5 nitrogen and oxygen atoms in total. The van der Waals surface area contributed by atoms with Crippen molar-refractivity contribution in [3.63, 3.8) is 0 Å². The minimum atomic E-state index is -0.262. The molecule has 1 aromatic carbocycles. The lowest BCUT2D eigenvalue weighted by molar-refractivity contribution is 0.0998. The zero-order valence-electron chi connectivity index (χ0n) is 14.4. The van der Waals surface area contributed by atoms with Gasteiger partial charge in [0.15, 0.2) is 4.80 Å². The van der Waals surface area contributed by atoms with E-state index in [0.29, 0.717) is 22.7 Å². The monoisotopic (exact) mass is 366 g/mol. The molecule has 3 aromatic rings. The van der Waals surface area contributed by atoms with Crippen LogP contribution in [-0.2, 0) is 19.9 Å². The van der Waals surface area contributed by atoms with Gasteiger partial charge in [-0.25, -0.2) is 0 Å². The minimum absolute atomic E-state index is 0.262. The molecule has 0 saturated heterocycles. The Labute approximate surface area is 154 Å². The second kappa shape index (κ2) is 6.80. The summed E-state index contributed by atoms with van der Waals surface area (Å²) >= 11 is 1.56. The van der Waals surface area contributed by atoms with Crippen molar-refractivity contribution < 1.29 is 13.9 Å². The molecule has 26 heavy (non-hydrogen) atoms. The predicted octanol–water partition coefficient (Wildman–Crippen LogP) is 3.75. The van der Waals surface area contributed by atoms with Gasteiger partial charge in [0.2, 0.25) is 0 Å². The number of nitrogens with zero attached hydrogens (tertiary/aromatic N) is 2. The van der Waals surface area contributed by atoms with Crippen LogP contribution in [0.15, 0.2) is 58.7 Å². The van der Waals surface area contributed by atoms with E-state index in [4.69, 9.17) is 9.15 Å². The molecular weight excluding hydrogens is 348 g/mol. The summed E-state index contributed by atoms with van der Waals surface area (Å²) < 4.78 is 13.0. The third kappa shape index (κ3) is 2.93. The summed E-state index contributed by atoms with van der Waals surface area (Å²) in [4.78, 5) is 18.8. The highest BCUT2D eigenvalue weighted by Gasteiger charge is 2.23. The van der Waals surface area contributed by atoms with Gasteiger partial charge in [-0.15, -0.1) is 11.3 Å². The van der Waals surface area contributed by atoms with E-state index in [-0.39, 0.29) is 5.91 Å². The van der Waals surface area contributed by atoms with Crippen LogP contribution in [0.25, 0.3) is 11.3 Å². The van der Waals surface area contributed by atoms with Crippen molar-refractivity contribution in [2.24, 2.45) is 12.0 Å². The van der Waals surface area contributed by atoms with E-state index in [9.17, 15) is 4.79 Å². The number of carbonyl (C=O) groups is 1. The van der Waals surface area contributed by atoms with Gasteiger partial charge >= 0.3 is 0 Å². The summed E-state index contributed by atoms with van der Waals surface area (Å²) in [5, 5.41) is 0. The van der Waals surface area contributed by atoms with E-state index in [0.717, 1.165) is 29.9 Å². The lowest BCUT2D eigenvalue weighted by Crippen LogP contribution is -2.15. The SMILES string of the molecule is C=CCOc1ccc(C(=O)N=c2sc3c(n2C)-c2ccoc2CC3)cc1. The number of amides is 1. The molecule has 6 heteroatoms. The third-order valence-corrected chi connectivity index (χ3v) is 5.54. The zero-order chi connectivity index (χ0) is 18.1. The molecule has 0 spiro atoms. The number of hydrogen-bond acceptors (Lipinski definition) is 4. The maximum atomic E-state index is 12.6. The van der Waals surface area contributed by atoms with Gasteiger partial charge in [-0.05, 0) is 36.8 Å². The number of hydrogen-bond donors (Lipinski definition) is 0. The van der Waals surface area contributed by atoms with Crippen molar-refractivity contribution in [2.75, 3.05) is 6.61 Å². The van der Waals surface area contributed by atoms with Gasteiger partial charge in [0, 0.05) is 29.5 Å². The number of benzene rings is 1. The van der Waals surface area contributed by atoms with Crippen molar-refractivity contribution in [3.05, 3.63) is 70.3 Å². The molecule has 0 N–H and O–H groups in total.